The van der Waals surface area contributed by atoms with Crippen molar-refractivity contribution in [1.82, 2.24) is 0 Å². The Hall–Kier alpha value is -3.91. The molecule has 0 spiro atoms. The van der Waals surface area contributed by atoms with E-state index in [4.69, 9.17) is 16.3 Å². The fraction of sp³-hybridized carbons (Fsp3) is 0.0833. The van der Waals surface area contributed by atoms with Crippen LogP contribution in [0.15, 0.2) is 66.2 Å². The number of ketones is 1. The summed E-state index contributed by atoms with van der Waals surface area (Å²) in [5, 5.41) is 20.8. The largest absolute Gasteiger partial charge is 0.508 e. The molecule has 1 aliphatic rings. The van der Waals surface area contributed by atoms with Crippen LogP contribution in [0, 0.1) is 11.6 Å². The van der Waals surface area contributed by atoms with E-state index in [-0.39, 0.29) is 27.5 Å². The van der Waals surface area contributed by atoms with Crippen molar-refractivity contribution in [3.05, 3.63) is 94.0 Å². The average molecular weight is 472 g/mol. The number of carbonyl (C=O) groups excluding carboxylic acids is 2. The van der Waals surface area contributed by atoms with Crippen LogP contribution >= 0.6 is 11.6 Å². The number of carbonyl (C=O) groups is 2. The van der Waals surface area contributed by atoms with Crippen LogP contribution in [0.4, 0.5) is 14.5 Å². The molecule has 33 heavy (non-hydrogen) atoms. The van der Waals surface area contributed by atoms with Gasteiger partial charge in [0.05, 0.1) is 29.4 Å². The van der Waals surface area contributed by atoms with Crippen molar-refractivity contribution >= 4 is 34.7 Å². The summed E-state index contributed by atoms with van der Waals surface area (Å²) in [5.41, 5.74) is -0.434. The minimum absolute atomic E-state index is 0.0884. The maximum atomic E-state index is 14.6. The first-order chi connectivity index (χ1) is 15.7. The van der Waals surface area contributed by atoms with Crippen LogP contribution in [0.1, 0.15) is 17.2 Å². The maximum Gasteiger partial charge on any atom is 0.300 e. The average Bonchev–Trinajstić information content (AvgIpc) is 3.06. The summed E-state index contributed by atoms with van der Waals surface area (Å²) in [6.07, 6.45) is 0. The summed E-state index contributed by atoms with van der Waals surface area (Å²) in [4.78, 5) is 26.8. The van der Waals surface area contributed by atoms with Crippen molar-refractivity contribution in [2.75, 3.05) is 12.0 Å². The van der Waals surface area contributed by atoms with Gasteiger partial charge in [-0.15, -0.1) is 0 Å². The SMILES string of the molecule is COc1ccc(/C(O)=C2\C(=O)C(=O)N(c3cc(F)ccc3F)C2c2ccc(O)cc2)cc1Cl. The number of aromatic hydroxyl groups is 1. The Bertz CT molecular complexity index is 1310. The third kappa shape index (κ3) is 3.89. The molecule has 9 heteroatoms. The lowest BCUT2D eigenvalue weighted by molar-refractivity contribution is -0.132. The number of aliphatic hydroxyl groups excluding tert-OH is 1. The molecule has 4 rings (SSSR count). The molecule has 0 aliphatic carbocycles. The lowest BCUT2D eigenvalue weighted by Crippen LogP contribution is -2.30. The number of Topliss-reactive ketones (excluding diaryl/α,β-unsaturated/α-hetero) is 1. The third-order valence-electron chi connectivity index (χ3n) is 5.25. The van der Waals surface area contributed by atoms with Crippen LogP contribution in [-0.4, -0.2) is 29.0 Å². The molecule has 1 heterocycles. The Morgan fingerprint density at radius 3 is 2.36 bits per heavy atom. The Kier molecular flexibility index (Phi) is 5.78. The highest BCUT2D eigenvalue weighted by Gasteiger charge is 2.47. The number of methoxy groups -OCH3 is 1. The number of aliphatic hydroxyl groups is 1. The number of rotatable bonds is 4. The molecular formula is C24H16ClF2NO5. The first-order valence-electron chi connectivity index (χ1n) is 9.61. The number of anilines is 1. The van der Waals surface area contributed by atoms with Gasteiger partial charge in [0.15, 0.2) is 0 Å². The molecule has 1 fully saturated rings. The number of phenols is 1. The Labute approximate surface area is 191 Å². The van der Waals surface area contributed by atoms with Crippen LogP contribution in [0.25, 0.3) is 5.76 Å². The number of hydrogen-bond donors (Lipinski definition) is 2. The zero-order valence-electron chi connectivity index (χ0n) is 17.1. The van der Waals surface area contributed by atoms with Gasteiger partial charge in [-0.1, -0.05) is 23.7 Å². The lowest BCUT2D eigenvalue weighted by atomic mass is 9.95. The van der Waals surface area contributed by atoms with Gasteiger partial charge >= 0.3 is 0 Å². The minimum Gasteiger partial charge on any atom is -0.508 e. The molecular weight excluding hydrogens is 456 g/mol. The zero-order chi connectivity index (χ0) is 23.9. The number of phenolic OH excluding ortho intramolecular Hbond substituents is 1. The number of amides is 1. The fourth-order valence-electron chi connectivity index (χ4n) is 3.69. The van der Waals surface area contributed by atoms with E-state index in [0.29, 0.717) is 5.75 Å². The third-order valence-corrected chi connectivity index (χ3v) is 5.54. The number of halogens is 3. The van der Waals surface area contributed by atoms with Gasteiger partial charge in [-0.25, -0.2) is 8.78 Å². The Morgan fingerprint density at radius 1 is 1.03 bits per heavy atom. The predicted molar refractivity (Wildman–Crippen MR) is 117 cm³/mol. The van der Waals surface area contributed by atoms with Crippen molar-refractivity contribution in [2.24, 2.45) is 0 Å². The number of nitrogens with zero attached hydrogens (tertiary/aromatic N) is 1. The molecule has 3 aromatic rings. The number of hydrogen-bond acceptors (Lipinski definition) is 5. The van der Waals surface area contributed by atoms with Crippen molar-refractivity contribution < 1.29 is 33.3 Å². The molecule has 1 unspecified atom stereocenters. The second kappa shape index (κ2) is 8.55. The summed E-state index contributed by atoms with van der Waals surface area (Å²) in [7, 11) is 1.41. The summed E-state index contributed by atoms with van der Waals surface area (Å²) < 4.78 is 33.7. The van der Waals surface area contributed by atoms with Crippen molar-refractivity contribution in [3.63, 3.8) is 0 Å². The summed E-state index contributed by atoms with van der Waals surface area (Å²) in [6.45, 7) is 0. The lowest BCUT2D eigenvalue weighted by Gasteiger charge is -2.26. The van der Waals surface area contributed by atoms with Gasteiger partial charge < -0.3 is 14.9 Å². The molecule has 0 radical (unpaired) electrons. The molecule has 0 bridgehead atoms. The van der Waals surface area contributed by atoms with Gasteiger partial charge in [0.25, 0.3) is 11.7 Å². The second-order valence-electron chi connectivity index (χ2n) is 7.21. The summed E-state index contributed by atoms with van der Waals surface area (Å²) >= 11 is 6.14. The van der Waals surface area contributed by atoms with E-state index < -0.39 is 40.8 Å². The smallest absolute Gasteiger partial charge is 0.300 e. The standard InChI is InChI=1S/C24H16ClF2NO5/c1-33-19-9-4-13(10-16(19)25)22(30)20-21(12-2-6-15(29)7-3-12)28(24(32)23(20)31)18-11-14(26)5-8-17(18)27/h2-11,21,29-30H,1H3/b22-20+. The normalized spacial score (nSPS) is 17.5. The number of ether oxygens (including phenoxy) is 1. The molecule has 0 aromatic heterocycles. The molecule has 0 saturated carbocycles. The van der Waals surface area contributed by atoms with Gasteiger partial charge in [-0.2, -0.15) is 0 Å². The van der Waals surface area contributed by atoms with Crippen LogP contribution in [-0.2, 0) is 9.59 Å². The molecule has 2 N–H and O–H groups in total. The Morgan fingerprint density at radius 2 is 1.73 bits per heavy atom. The van der Waals surface area contributed by atoms with E-state index in [0.717, 1.165) is 23.1 Å². The topological polar surface area (TPSA) is 87.1 Å². The molecule has 1 atom stereocenters. The van der Waals surface area contributed by atoms with Gasteiger partial charge in [-0.3, -0.25) is 14.5 Å². The maximum absolute atomic E-state index is 14.6. The van der Waals surface area contributed by atoms with E-state index >= 15 is 0 Å². The van der Waals surface area contributed by atoms with Crippen molar-refractivity contribution in [1.29, 1.82) is 0 Å². The molecule has 1 amide bonds. The van der Waals surface area contributed by atoms with Gasteiger partial charge in [-0.05, 0) is 48.0 Å². The van der Waals surface area contributed by atoms with E-state index in [1.165, 1.54) is 49.6 Å². The zero-order valence-corrected chi connectivity index (χ0v) is 17.8. The van der Waals surface area contributed by atoms with E-state index in [1.807, 2.05) is 0 Å². The fourth-order valence-corrected chi connectivity index (χ4v) is 3.95. The Balaban J connectivity index is 1.97. The van der Waals surface area contributed by atoms with Gasteiger partial charge in [0, 0.05) is 11.6 Å². The minimum atomic E-state index is -1.30. The first-order valence-corrected chi connectivity index (χ1v) is 9.99. The van der Waals surface area contributed by atoms with Crippen LogP contribution < -0.4 is 9.64 Å². The summed E-state index contributed by atoms with van der Waals surface area (Å²) in [5.74, 6) is -4.33. The van der Waals surface area contributed by atoms with Gasteiger partial charge in [0.1, 0.15) is 28.9 Å². The monoisotopic (exact) mass is 471 g/mol. The molecule has 1 aliphatic heterocycles. The molecule has 168 valence electrons. The van der Waals surface area contributed by atoms with Crippen LogP contribution in [0.2, 0.25) is 5.02 Å². The highest BCUT2D eigenvalue weighted by atomic mass is 35.5. The molecule has 3 aromatic carbocycles. The van der Waals surface area contributed by atoms with E-state index in [2.05, 4.69) is 0 Å². The van der Waals surface area contributed by atoms with Crippen molar-refractivity contribution in [2.45, 2.75) is 6.04 Å². The highest BCUT2D eigenvalue weighted by Crippen LogP contribution is 2.43. The van der Waals surface area contributed by atoms with Crippen molar-refractivity contribution in [3.8, 4) is 11.5 Å². The van der Waals surface area contributed by atoms with E-state index in [1.54, 1.807) is 0 Å². The highest BCUT2D eigenvalue weighted by molar-refractivity contribution is 6.51. The predicted octanol–water partition coefficient (Wildman–Crippen LogP) is 4.96. The van der Waals surface area contributed by atoms with E-state index in [9.17, 15) is 28.6 Å². The van der Waals surface area contributed by atoms with Crippen LogP contribution in [0.5, 0.6) is 11.5 Å². The van der Waals surface area contributed by atoms with Crippen LogP contribution in [0.3, 0.4) is 0 Å². The quantitative estimate of drug-likeness (QED) is 0.319. The first kappa shape index (κ1) is 22.3. The second-order valence-corrected chi connectivity index (χ2v) is 7.61. The van der Waals surface area contributed by atoms with Gasteiger partial charge in [0.2, 0.25) is 0 Å². The molecule has 6 nitrogen and oxygen atoms in total. The number of benzene rings is 3. The molecule has 1 saturated heterocycles. The summed E-state index contributed by atoms with van der Waals surface area (Å²) in [6, 6.07) is 10.9.